The van der Waals surface area contributed by atoms with Gasteiger partial charge in [0.2, 0.25) is 0 Å². The largest absolute Gasteiger partial charge is 0.328 e. The summed E-state index contributed by atoms with van der Waals surface area (Å²) in [5.74, 6) is 0. The zero-order chi connectivity index (χ0) is 8.70. The Hall–Kier alpha value is -0.0400. The van der Waals surface area contributed by atoms with E-state index in [-0.39, 0.29) is 5.41 Å². The molecule has 1 aliphatic rings. The molecule has 0 spiro atoms. The van der Waals surface area contributed by atoms with E-state index in [0.717, 1.165) is 12.8 Å². The van der Waals surface area contributed by atoms with E-state index >= 15 is 0 Å². The monoisotopic (exact) mass is 154 g/mol. The molecule has 1 fully saturated rings. The maximum Gasteiger partial charge on any atom is 0.00491 e. The summed E-state index contributed by atoms with van der Waals surface area (Å²) < 4.78 is 0. The molecule has 0 amide bonds. The second kappa shape index (κ2) is 2.48. The molecule has 0 aromatic heterocycles. The summed E-state index contributed by atoms with van der Waals surface area (Å²) in [5, 5.41) is 0. The first-order valence-corrected chi connectivity index (χ1v) is 4.42. The van der Waals surface area contributed by atoms with Gasteiger partial charge in [0.25, 0.3) is 0 Å². The smallest absolute Gasteiger partial charge is 0.00491 e. The lowest BCUT2D eigenvalue weighted by Gasteiger charge is -2.43. The maximum atomic E-state index is 5.95. The van der Waals surface area contributed by atoms with E-state index < -0.39 is 0 Å². The Balaban J connectivity index is 2.66. The molecule has 2 atom stereocenters. The molecule has 0 aromatic rings. The van der Waals surface area contributed by atoms with Crippen LogP contribution in [-0.4, -0.2) is 6.04 Å². The van der Waals surface area contributed by atoms with Crippen molar-refractivity contribution in [3.8, 4) is 0 Å². The average Bonchev–Trinajstić information content (AvgIpc) is 1.49. The summed E-state index contributed by atoms with van der Waals surface area (Å²) in [6.07, 6.45) is 3.43. The van der Waals surface area contributed by atoms with Gasteiger partial charge in [0.1, 0.15) is 0 Å². The van der Waals surface area contributed by atoms with Gasteiger partial charge < -0.3 is 5.73 Å². The Morgan fingerprint density at radius 1 is 1.27 bits per heavy atom. The van der Waals surface area contributed by atoms with Crippen LogP contribution in [0.5, 0.6) is 0 Å². The lowest BCUT2D eigenvalue weighted by Crippen LogP contribution is -2.40. The van der Waals surface area contributed by atoms with Gasteiger partial charge in [-0.2, -0.15) is 0 Å². The summed E-state index contributed by atoms with van der Waals surface area (Å²) in [5.41, 5.74) is 6.55. The van der Waals surface area contributed by atoms with Gasteiger partial charge in [-0.25, -0.2) is 0 Å². The summed E-state index contributed by atoms with van der Waals surface area (Å²) in [4.78, 5) is 0. The first kappa shape index (κ1) is 9.05. The molecular weight excluding hydrogens is 134 g/mol. The third-order valence-electron chi connectivity index (χ3n) is 2.48. The minimum atomic E-state index is 0.209. The van der Waals surface area contributed by atoms with Gasteiger partial charge in [-0.3, -0.25) is 0 Å². The fraction of sp³-hybridized carbons (Fsp3) is 0.900. The lowest BCUT2D eigenvalue weighted by molar-refractivity contribution is 0.119. The topological polar surface area (TPSA) is 26.0 Å². The van der Waals surface area contributed by atoms with Crippen molar-refractivity contribution in [2.24, 2.45) is 16.6 Å². The summed E-state index contributed by atoms with van der Waals surface area (Å²) in [6.45, 7) is 11.0. The highest BCUT2D eigenvalue weighted by molar-refractivity contribution is 4.94. The minimum absolute atomic E-state index is 0.209. The van der Waals surface area contributed by atoms with E-state index in [4.69, 9.17) is 5.73 Å². The van der Waals surface area contributed by atoms with Gasteiger partial charge in [-0.15, -0.1) is 0 Å². The molecule has 65 valence electrons. The van der Waals surface area contributed by atoms with Crippen molar-refractivity contribution < 1.29 is 0 Å². The Bertz CT molecular complexity index is 131. The second-order valence-corrected chi connectivity index (χ2v) is 5.32. The fourth-order valence-electron chi connectivity index (χ4n) is 2.71. The highest BCUT2D eigenvalue weighted by Gasteiger charge is 2.36. The van der Waals surface area contributed by atoms with Gasteiger partial charge in [0.15, 0.2) is 0 Å². The van der Waals surface area contributed by atoms with Crippen molar-refractivity contribution in [2.45, 2.75) is 46.1 Å². The van der Waals surface area contributed by atoms with Gasteiger partial charge in [-0.1, -0.05) is 20.8 Å². The lowest BCUT2D eigenvalue weighted by atomic mass is 9.64. The summed E-state index contributed by atoms with van der Waals surface area (Å²) in [7, 11) is 0. The molecule has 0 heterocycles. The van der Waals surface area contributed by atoms with E-state index in [1.165, 1.54) is 6.42 Å². The zero-order valence-corrected chi connectivity index (χ0v) is 7.98. The zero-order valence-electron chi connectivity index (χ0n) is 7.98. The Kier molecular flexibility index (Phi) is 2.04. The molecular formula is C10H20N. The molecule has 0 bridgehead atoms. The van der Waals surface area contributed by atoms with Crippen LogP contribution in [0.25, 0.3) is 0 Å². The summed E-state index contributed by atoms with van der Waals surface area (Å²) >= 11 is 0. The Morgan fingerprint density at radius 3 is 2.18 bits per heavy atom. The van der Waals surface area contributed by atoms with Crippen LogP contribution in [0, 0.1) is 17.8 Å². The third-order valence-corrected chi connectivity index (χ3v) is 2.48. The molecule has 0 aromatic carbocycles. The molecule has 1 rings (SSSR count). The second-order valence-electron chi connectivity index (χ2n) is 5.32. The minimum Gasteiger partial charge on any atom is -0.328 e. The first-order valence-electron chi connectivity index (χ1n) is 4.42. The van der Waals surface area contributed by atoms with Gasteiger partial charge in [0, 0.05) is 6.04 Å². The number of nitrogens with two attached hydrogens (primary N) is 1. The van der Waals surface area contributed by atoms with Crippen LogP contribution >= 0.6 is 0 Å². The normalized spacial score (nSPS) is 30.3. The predicted octanol–water partition coefficient (Wildman–Crippen LogP) is 2.36. The number of rotatable bonds is 0. The molecule has 1 saturated carbocycles. The molecule has 2 unspecified atom stereocenters. The quantitative estimate of drug-likeness (QED) is 0.569. The molecule has 1 heteroatoms. The molecule has 0 aliphatic heterocycles. The van der Waals surface area contributed by atoms with Crippen LogP contribution in [0.1, 0.15) is 40.0 Å². The molecule has 1 radical (unpaired) electrons. The molecule has 11 heavy (non-hydrogen) atoms. The van der Waals surface area contributed by atoms with Crippen molar-refractivity contribution in [1.82, 2.24) is 0 Å². The summed E-state index contributed by atoms with van der Waals surface area (Å²) in [6, 6.07) is 0.362. The van der Waals surface area contributed by atoms with Crippen LogP contribution < -0.4 is 5.73 Å². The van der Waals surface area contributed by atoms with E-state index in [0.29, 0.717) is 11.5 Å². The van der Waals surface area contributed by atoms with Crippen LogP contribution in [0.4, 0.5) is 0 Å². The Morgan fingerprint density at radius 2 is 1.82 bits per heavy atom. The standard InChI is InChI=1S/C10H20N/c1-9(2)5-8(11)6-10(3,4)7-9/h8H,1,5-7,11H2,2-4H3. The number of hydrogen-bond donors (Lipinski definition) is 1. The van der Waals surface area contributed by atoms with E-state index in [1.807, 2.05) is 0 Å². The third kappa shape index (κ3) is 2.48. The van der Waals surface area contributed by atoms with Crippen molar-refractivity contribution in [3.05, 3.63) is 6.92 Å². The molecule has 0 saturated heterocycles. The van der Waals surface area contributed by atoms with Gasteiger partial charge in [-0.05, 0) is 37.0 Å². The fourth-order valence-corrected chi connectivity index (χ4v) is 2.71. The molecule has 1 aliphatic carbocycles. The van der Waals surface area contributed by atoms with Crippen molar-refractivity contribution in [1.29, 1.82) is 0 Å². The van der Waals surface area contributed by atoms with Gasteiger partial charge >= 0.3 is 0 Å². The number of hydrogen-bond acceptors (Lipinski definition) is 1. The van der Waals surface area contributed by atoms with E-state index in [1.54, 1.807) is 0 Å². The van der Waals surface area contributed by atoms with Crippen molar-refractivity contribution in [3.63, 3.8) is 0 Å². The highest BCUT2D eigenvalue weighted by Crippen LogP contribution is 2.44. The molecule has 2 N–H and O–H groups in total. The molecule has 1 nitrogen and oxygen atoms in total. The first-order chi connectivity index (χ1) is 4.81. The van der Waals surface area contributed by atoms with Crippen LogP contribution in [0.2, 0.25) is 0 Å². The predicted molar refractivity (Wildman–Crippen MR) is 49.1 cm³/mol. The maximum absolute atomic E-state index is 5.95. The van der Waals surface area contributed by atoms with E-state index in [9.17, 15) is 0 Å². The van der Waals surface area contributed by atoms with E-state index in [2.05, 4.69) is 27.7 Å². The van der Waals surface area contributed by atoms with Crippen molar-refractivity contribution in [2.75, 3.05) is 0 Å². The SMILES string of the molecule is [CH2]C1(C)CC(N)CC(C)(C)C1. The van der Waals surface area contributed by atoms with Crippen LogP contribution in [0.3, 0.4) is 0 Å². The van der Waals surface area contributed by atoms with Crippen molar-refractivity contribution >= 4 is 0 Å². The van der Waals surface area contributed by atoms with Crippen LogP contribution in [0.15, 0.2) is 0 Å². The highest BCUT2D eigenvalue weighted by atomic mass is 14.7. The average molecular weight is 154 g/mol. The van der Waals surface area contributed by atoms with Crippen LogP contribution in [-0.2, 0) is 0 Å². The Labute approximate surface area is 70.4 Å². The van der Waals surface area contributed by atoms with Gasteiger partial charge in [0.05, 0.1) is 0 Å².